The van der Waals surface area contributed by atoms with Crippen LogP contribution in [0, 0.1) is 0 Å². The molecule has 2 fully saturated rings. The summed E-state index contributed by atoms with van der Waals surface area (Å²) in [7, 11) is -2.86. The molecule has 3 nitrogen and oxygen atoms in total. The smallest absolute Gasteiger partial charge is 0.154 e. The Balaban J connectivity index is 2.15. The fraction of sp³-hybridized carbons (Fsp3) is 1.00. The molecule has 0 saturated carbocycles. The number of fused-ring (bicyclic) bond motifs is 1. The quantitative estimate of drug-likeness (QED) is 0.727. The number of hydrogen-bond acceptors (Lipinski definition) is 5. The van der Waals surface area contributed by atoms with Crippen molar-refractivity contribution in [2.24, 2.45) is 0 Å². The maximum Gasteiger partial charge on any atom is 0.154 e. The molecule has 2 rings (SSSR count). The highest BCUT2D eigenvalue weighted by molar-refractivity contribution is 8.70. The number of sulfone groups is 1. The van der Waals surface area contributed by atoms with Gasteiger partial charge < -0.3 is 4.52 Å². The predicted octanol–water partition coefficient (Wildman–Crippen LogP) is 2.02. The summed E-state index contributed by atoms with van der Waals surface area (Å²) in [5, 5.41) is 0.106. The normalized spacial score (nSPS) is 45.2. The Hall–Kier alpha value is 0.910. The second-order valence-corrected chi connectivity index (χ2v) is 13.9. The van der Waals surface area contributed by atoms with Crippen LogP contribution in [0.4, 0.5) is 0 Å². The molecule has 2 aliphatic heterocycles. The molecule has 7 heteroatoms. The molecule has 0 amide bonds. The monoisotopic (exact) mass is 286 g/mol. The topological polar surface area (TPSA) is 43.4 Å². The van der Waals surface area contributed by atoms with Gasteiger partial charge in [0.2, 0.25) is 0 Å². The standard InChI is InChI=1S/C8H15O3PS3/c1-3-6(2)12(13)11-7-4-15(9,10)5-8(7)14-12/h6-8H,3-5H2,1-2H3/t6-,7-,8+,12+/m1/s1. The van der Waals surface area contributed by atoms with Gasteiger partial charge in [0, 0.05) is 5.66 Å². The largest absolute Gasteiger partial charge is 0.336 e. The molecule has 0 aromatic heterocycles. The van der Waals surface area contributed by atoms with E-state index in [0.717, 1.165) is 6.42 Å². The summed E-state index contributed by atoms with van der Waals surface area (Å²) < 4.78 is 28.6. The van der Waals surface area contributed by atoms with Gasteiger partial charge in [0.05, 0.1) is 22.9 Å². The summed E-state index contributed by atoms with van der Waals surface area (Å²) in [6, 6.07) is 0. The lowest BCUT2D eigenvalue weighted by molar-refractivity contribution is 0.272. The van der Waals surface area contributed by atoms with Gasteiger partial charge in [0.15, 0.2) is 9.84 Å². The lowest BCUT2D eigenvalue weighted by Gasteiger charge is -2.22. The van der Waals surface area contributed by atoms with Crippen molar-refractivity contribution in [1.82, 2.24) is 0 Å². The SMILES string of the molecule is CC[C@@H](C)[P@@]1(=S)O[C@@H]2CS(=O)(=O)C[C@@H]2S1. The summed E-state index contributed by atoms with van der Waals surface area (Å²) in [6.07, 6.45) is 0.885. The van der Waals surface area contributed by atoms with Crippen molar-refractivity contribution in [3.63, 3.8) is 0 Å². The van der Waals surface area contributed by atoms with Gasteiger partial charge >= 0.3 is 0 Å². The maximum atomic E-state index is 11.4. The molecule has 2 aliphatic rings. The second kappa shape index (κ2) is 3.98. The van der Waals surface area contributed by atoms with E-state index in [0.29, 0.717) is 5.66 Å². The molecule has 0 aromatic carbocycles. The molecule has 0 bridgehead atoms. The van der Waals surface area contributed by atoms with Gasteiger partial charge in [-0.2, -0.15) is 0 Å². The fourth-order valence-corrected chi connectivity index (χ4v) is 12.2. The van der Waals surface area contributed by atoms with E-state index in [-0.39, 0.29) is 22.9 Å². The van der Waals surface area contributed by atoms with Crippen LogP contribution >= 0.6 is 16.8 Å². The van der Waals surface area contributed by atoms with E-state index in [1.54, 1.807) is 11.4 Å². The Morgan fingerprint density at radius 2 is 2.27 bits per heavy atom. The van der Waals surface area contributed by atoms with Crippen molar-refractivity contribution < 1.29 is 12.9 Å². The molecular formula is C8H15O3PS3. The van der Waals surface area contributed by atoms with E-state index < -0.39 is 15.3 Å². The molecule has 0 N–H and O–H groups in total. The average Bonchev–Trinajstić information content (AvgIpc) is 2.53. The molecule has 0 radical (unpaired) electrons. The molecule has 4 atom stereocenters. The molecule has 0 spiro atoms. The highest BCUT2D eigenvalue weighted by Gasteiger charge is 2.50. The molecule has 15 heavy (non-hydrogen) atoms. The molecule has 2 heterocycles. The maximum absolute atomic E-state index is 11.4. The van der Waals surface area contributed by atoms with Crippen LogP contribution < -0.4 is 0 Å². The van der Waals surface area contributed by atoms with E-state index in [1.807, 2.05) is 0 Å². The zero-order valence-electron chi connectivity index (χ0n) is 8.75. The Kier molecular flexibility index (Phi) is 3.29. The van der Waals surface area contributed by atoms with Crippen molar-refractivity contribution in [1.29, 1.82) is 0 Å². The third-order valence-corrected chi connectivity index (χ3v) is 13.0. The van der Waals surface area contributed by atoms with Gasteiger partial charge in [0.1, 0.15) is 5.47 Å². The molecule has 2 saturated heterocycles. The zero-order chi connectivity index (χ0) is 11.3. The highest BCUT2D eigenvalue weighted by Crippen LogP contribution is 2.72. The fourth-order valence-electron chi connectivity index (χ4n) is 1.81. The zero-order valence-corrected chi connectivity index (χ0v) is 12.1. The van der Waals surface area contributed by atoms with Crippen molar-refractivity contribution in [3.05, 3.63) is 0 Å². The molecule has 88 valence electrons. The van der Waals surface area contributed by atoms with Crippen molar-refractivity contribution in [2.45, 2.75) is 37.3 Å². The van der Waals surface area contributed by atoms with Crippen LogP contribution in [0.2, 0.25) is 0 Å². The lowest BCUT2D eigenvalue weighted by Crippen LogP contribution is -2.16. The summed E-state index contributed by atoms with van der Waals surface area (Å²) >= 11 is 7.22. The van der Waals surface area contributed by atoms with E-state index >= 15 is 0 Å². The van der Waals surface area contributed by atoms with Gasteiger partial charge in [-0.3, -0.25) is 0 Å². The molecule has 0 aromatic rings. The van der Waals surface area contributed by atoms with E-state index in [9.17, 15) is 8.42 Å². The minimum Gasteiger partial charge on any atom is -0.336 e. The van der Waals surface area contributed by atoms with Gasteiger partial charge in [-0.1, -0.05) is 37.0 Å². The Morgan fingerprint density at radius 1 is 1.60 bits per heavy atom. The van der Waals surface area contributed by atoms with Crippen LogP contribution in [0.15, 0.2) is 0 Å². The van der Waals surface area contributed by atoms with Crippen molar-refractivity contribution in [3.8, 4) is 0 Å². The van der Waals surface area contributed by atoms with Gasteiger partial charge in [-0.05, 0) is 6.42 Å². The van der Waals surface area contributed by atoms with Crippen LogP contribution in [0.1, 0.15) is 20.3 Å². The lowest BCUT2D eigenvalue weighted by atomic mass is 10.3. The van der Waals surface area contributed by atoms with Crippen LogP contribution in [-0.4, -0.2) is 36.9 Å². The number of rotatable bonds is 2. The summed E-state index contributed by atoms with van der Waals surface area (Å²) in [5.74, 6) is 0.441. The van der Waals surface area contributed by atoms with Gasteiger partial charge in [-0.25, -0.2) is 8.42 Å². The third kappa shape index (κ3) is 2.29. The van der Waals surface area contributed by atoms with E-state index in [4.69, 9.17) is 16.3 Å². The van der Waals surface area contributed by atoms with Gasteiger partial charge in [-0.15, -0.1) is 0 Å². The minimum absolute atomic E-state index is 0.106. The van der Waals surface area contributed by atoms with Crippen LogP contribution in [0.5, 0.6) is 0 Å². The third-order valence-electron chi connectivity index (χ3n) is 2.95. The Morgan fingerprint density at radius 3 is 2.80 bits per heavy atom. The van der Waals surface area contributed by atoms with E-state index in [1.165, 1.54) is 0 Å². The second-order valence-electron chi connectivity index (χ2n) is 4.16. The van der Waals surface area contributed by atoms with Crippen molar-refractivity contribution >= 4 is 38.5 Å². The molecule has 0 unspecified atom stereocenters. The minimum atomic E-state index is -2.86. The Labute approximate surface area is 100 Å². The highest BCUT2D eigenvalue weighted by atomic mass is 32.9. The summed E-state index contributed by atoms with van der Waals surface area (Å²) in [4.78, 5) is 0. The summed E-state index contributed by atoms with van der Waals surface area (Å²) in [6.45, 7) is 4.22. The predicted molar refractivity (Wildman–Crippen MR) is 68.9 cm³/mol. The number of hydrogen-bond donors (Lipinski definition) is 0. The molecule has 0 aliphatic carbocycles. The van der Waals surface area contributed by atoms with E-state index in [2.05, 4.69) is 13.8 Å². The Bertz CT molecular complexity index is 381. The first-order valence-electron chi connectivity index (χ1n) is 5.03. The van der Waals surface area contributed by atoms with Gasteiger partial charge in [0.25, 0.3) is 0 Å². The average molecular weight is 286 g/mol. The first-order chi connectivity index (χ1) is 6.86. The van der Waals surface area contributed by atoms with Crippen LogP contribution in [0.25, 0.3) is 0 Å². The first kappa shape index (κ1) is 12.4. The van der Waals surface area contributed by atoms with Crippen LogP contribution in [0.3, 0.4) is 0 Å². The summed E-state index contributed by atoms with van der Waals surface area (Å²) in [5.41, 5.74) is -1.42. The molecular weight excluding hydrogens is 271 g/mol. The van der Waals surface area contributed by atoms with Crippen LogP contribution in [-0.2, 0) is 26.2 Å². The van der Waals surface area contributed by atoms with Crippen molar-refractivity contribution in [2.75, 3.05) is 11.5 Å². The first-order valence-corrected chi connectivity index (χ1v) is 11.1.